The van der Waals surface area contributed by atoms with E-state index >= 15 is 0 Å². The monoisotopic (exact) mass is 274 g/mol. The van der Waals surface area contributed by atoms with Gasteiger partial charge >= 0.3 is 0 Å². The molecule has 1 N–H and O–H groups in total. The van der Waals surface area contributed by atoms with E-state index in [2.05, 4.69) is 20.4 Å². The fraction of sp³-hybridized carbons (Fsp3) is 0.357. The average molecular weight is 274 g/mol. The lowest BCUT2D eigenvalue weighted by Gasteiger charge is -2.14. The minimum Gasteiger partial charge on any atom is -0.355 e. The molecule has 0 bridgehead atoms. The predicted molar refractivity (Wildman–Crippen MR) is 74.0 cm³/mol. The zero-order valence-corrected chi connectivity index (χ0v) is 11.9. The van der Waals surface area contributed by atoms with Crippen molar-refractivity contribution in [2.45, 2.75) is 20.0 Å². The second kappa shape index (κ2) is 6.29. The van der Waals surface area contributed by atoms with Gasteiger partial charge in [-0.3, -0.25) is 9.69 Å². The predicted octanol–water partition coefficient (Wildman–Crippen LogP) is 1.37. The van der Waals surface area contributed by atoms with E-state index in [1.807, 2.05) is 31.3 Å². The summed E-state index contributed by atoms with van der Waals surface area (Å²) in [6.45, 7) is 3.14. The van der Waals surface area contributed by atoms with Crippen molar-refractivity contribution < 1.29 is 9.32 Å². The summed E-state index contributed by atoms with van der Waals surface area (Å²) in [4.78, 5) is 17.7. The molecule has 106 valence electrons. The first kappa shape index (κ1) is 14.2. The molecule has 0 aliphatic heterocycles. The van der Waals surface area contributed by atoms with Crippen LogP contribution in [0.1, 0.15) is 27.6 Å². The SMILES string of the molecule is CNC(=O)c1ccc(CN(C)Cc2nc(C)no2)cc1. The molecule has 20 heavy (non-hydrogen) atoms. The Morgan fingerprint density at radius 2 is 2.00 bits per heavy atom. The molecule has 2 rings (SSSR count). The van der Waals surface area contributed by atoms with Gasteiger partial charge in [0.2, 0.25) is 5.89 Å². The van der Waals surface area contributed by atoms with Gasteiger partial charge in [0.15, 0.2) is 5.82 Å². The summed E-state index contributed by atoms with van der Waals surface area (Å²) in [7, 11) is 3.60. The van der Waals surface area contributed by atoms with E-state index in [1.54, 1.807) is 14.0 Å². The van der Waals surface area contributed by atoms with E-state index in [4.69, 9.17) is 4.52 Å². The van der Waals surface area contributed by atoms with Gasteiger partial charge in [-0.2, -0.15) is 4.98 Å². The maximum absolute atomic E-state index is 11.4. The van der Waals surface area contributed by atoms with E-state index in [0.29, 0.717) is 23.8 Å². The highest BCUT2D eigenvalue weighted by molar-refractivity contribution is 5.93. The van der Waals surface area contributed by atoms with Crippen LogP contribution in [0.2, 0.25) is 0 Å². The van der Waals surface area contributed by atoms with Crippen molar-refractivity contribution in [1.29, 1.82) is 0 Å². The van der Waals surface area contributed by atoms with Gasteiger partial charge < -0.3 is 9.84 Å². The molecule has 1 heterocycles. The van der Waals surface area contributed by atoms with Gasteiger partial charge in [0.05, 0.1) is 6.54 Å². The molecule has 1 aromatic heterocycles. The molecule has 2 aromatic rings. The van der Waals surface area contributed by atoms with Crippen LogP contribution in [-0.2, 0) is 13.1 Å². The third-order valence-electron chi connectivity index (χ3n) is 2.87. The van der Waals surface area contributed by atoms with Crippen molar-refractivity contribution in [3.8, 4) is 0 Å². The van der Waals surface area contributed by atoms with E-state index in [9.17, 15) is 4.79 Å². The molecule has 1 amide bonds. The zero-order chi connectivity index (χ0) is 14.5. The van der Waals surface area contributed by atoms with Gasteiger partial charge in [0.25, 0.3) is 5.91 Å². The van der Waals surface area contributed by atoms with E-state index in [-0.39, 0.29) is 5.91 Å². The quantitative estimate of drug-likeness (QED) is 0.891. The maximum atomic E-state index is 11.4. The third-order valence-corrected chi connectivity index (χ3v) is 2.87. The first-order valence-electron chi connectivity index (χ1n) is 6.37. The van der Waals surface area contributed by atoms with E-state index in [0.717, 1.165) is 12.1 Å². The van der Waals surface area contributed by atoms with Gasteiger partial charge in [0.1, 0.15) is 0 Å². The Labute approximate surface area is 117 Å². The number of amides is 1. The second-order valence-corrected chi connectivity index (χ2v) is 4.68. The van der Waals surface area contributed by atoms with Gasteiger partial charge in [-0.1, -0.05) is 17.3 Å². The zero-order valence-electron chi connectivity index (χ0n) is 11.9. The number of nitrogens with one attached hydrogen (secondary N) is 1. The number of hydrogen-bond acceptors (Lipinski definition) is 5. The maximum Gasteiger partial charge on any atom is 0.251 e. The highest BCUT2D eigenvalue weighted by Crippen LogP contribution is 2.09. The molecule has 1 aromatic carbocycles. The molecule has 0 radical (unpaired) electrons. The normalized spacial score (nSPS) is 10.8. The summed E-state index contributed by atoms with van der Waals surface area (Å²) in [5, 5.41) is 6.36. The van der Waals surface area contributed by atoms with Crippen LogP contribution in [0.4, 0.5) is 0 Å². The fourth-order valence-corrected chi connectivity index (χ4v) is 1.91. The van der Waals surface area contributed by atoms with Crippen LogP contribution in [0.5, 0.6) is 0 Å². The topological polar surface area (TPSA) is 71.3 Å². The van der Waals surface area contributed by atoms with Crippen molar-refractivity contribution in [3.63, 3.8) is 0 Å². The van der Waals surface area contributed by atoms with Crippen molar-refractivity contribution >= 4 is 5.91 Å². The molecule has 0 fully saturated rings. The lowest BCUT2D eigenvalue weighted by molar-refractivity contribution is 0.0963. The van der Waals surface area contributed by atoms with Gasteiger partial charge in [-0.25, -0.2) is 0 Å². The number of benzene rings is 1. The highest BCUT2D eigenvalue weighted by Gasteiger charge is 2.08. The van der Waals surface area contributed by atoms with Gasteiger partial charge in [-0.15, -0.1) is 0 Å². The minimum absolute atomic E-state index is 0.0776. The Hall–Kier alpha value is -2.21. The molecule has 0 atom stereocenters. The molecular weight excluding hydrogens is 256 g/mol. The Morgan fingerprint density at radius 3 is 2.55 bits per heavy atom. The summed E-state index contributed by atoms with van der Waals surface area (Å²) in [5.41, 5.74) is 1.78. The van der Waals surface area contributed by atoms with Crippen molar-refractivity contribution in [2.75, 3.05) is 14.1 Å². The molecule has 0 saturated carbocycles. The fourth-order valence-electron chi connectivity index (χ4n) is 1.91. The number of aryl methyl sites for hydroxylation is 1. The number of carbonyl (C=O) groups excluding carboxylic acids is 1. The first-order valence-corrected chi connectivity index (χ1v) is 6.37. The molecule has 0 saturated heterocycles. The lowest BCUT2D eigenvalue weighted by atomic mass is 10.1. The smallest absolute Gasteiger partial charge is 0.251 e. The van der Waals surface area contributed by atoms with E-state index < -0.39 is 0 Å². The summed E-state index contributed by atoms with van der Waals surface area (Å²) >= 11 is 0. The lowest BCUT2D eigenvalue weighted by Crippen LogP contribution is -2.19. The Morgan fingerprint density at radius 1 is 1.30 bits per heavy atom. The van der Waals surface area contributed by atoms with Crippen LogP contribution in [0.3, 0.4) is 0 Å². The molecule has 0 aliphatic rings. The molecule has 0 unspecified atom stereocenters. The van der Waals surface area contributed by atoms with Crippen molar-refractivity contribution in [2.24, 2.45) is 0 Å². The van der Waals surface area contributed by atoms with Crippen LogP contribution in [0.25, 0.3) is 0 Å². The largest absolute Gasteiger partial charge is 0.355 e. The number of hydrogen-bond donors (Lipinski definition) is 1. The molecule has 0 aliphatic carbocycles. The Kier molecular flexibility index (Phi) is 4.47. The number of carbonyl (C=O) groups is 1. The molecule has 6 nitrogen and oxygen atoms in total. The second-order valence-electron chi connectivity index (χ2n) is 4.68. The van der Waals surface area contributed by atoms with Crippen LogP contribution in [0.15, 0.2) is 28.8 Å². The summed E-state index contributed by atoms with van der Waals surface area (Å²) < 4.78 is 5.08. The van der Waals surface area contributed by atoms with Crippen molar-refractivity contribution in [3.05, 3.63) is 47.1 Å². The Bertz CT molecular complexity index is 577. The van der Waals surface area contributed by atoms with E-state index in [1.165, 1.54) is 0 Å². The van der Waals surface area contributed by atoms with Crippen LogP contribution in [0, 0.1) is 6.92 Å². The van der Waals surface area contributed by atoms with Gasteiger partial charge in [0, 0.05) is 19.2 Å². The molecule has 6 heteroatoms. The summed E-state index contributed by atoms with van der Waals surface area (Å²) in [6, 6.07) is 7.53. The standard InChI is InChI=1S/C14H18N4O2/c1-10-16-13(20-17-10)9-18(3)8-11-4-6-12(7-5-11)14(19)15-2/h4-7H,8-9H2,1-3H3,(H,15,19). The number of rotatable bonds is 5. The average Bonchev–Trinajstić information content (AvgIpc) is 2.84. The highest BCUT2D eigenvalue weighted by atomic mass is 16.5. The number of nitrogens with zero attached hydrogens (tertiary/aromatic N) is 3. The number of aromatic nitrogens is 2. The third kappa shape index (κ3) is 3.64. The summed E-state index contributed by atoms with van der Waals surface area (Å²) in [6.07, 6.45) is 0. The molecule has 0 spiro atoms. The van der Waals surface area contributed by atoms with Crippen LogP contribution < -0.4 is 5.32 Å². The minimum atomic E-state index is -0.0776. The first-order chi connectivity index (χ1) is 9.58. The van der Waals surface area contributed by atoms with Crippen molar-refractivity contribution in [1.82, 2.24) is 20.4 Å². The van der Waals surface area contributed by atoms with Crippen LogP contribution in [-0.4, -0.2) is 35.0 Å². The Balaban J connectivity index is 1.94. The van der Waals surface area contributed by atoms with Crippen LogP contribution >= 0.6 is 0 Å². The van der Waals surface area contributed by atoms with Gasteiger partial charge in [-0.05, 0) is 31.7 Å². The molecular formula is C14H18N4O2. The summed E-state index contributed by atoms with van der Waals surface area (Å²) in [5.74, 6) is 1.17.